The summed E-state index contributed by atoms with van der Waals surface area (Å²) in [5.41, 5.74) is 0.110. The van der Waals surface area contributed by atoms with E-state index in [2.05, 4.69) is 4.90 Å². The highest BCUT2D eigenvalue weighted by Crippen LogP contribution is 2.30. The fourth-order valence-corrected chi connectivity index (χ4v) is 3.23. The quantitative estimate of drug-likeness (QED) is 0.842. The number of nitrogens with zero attached hydrogens (tertiary/aromatic N) is 1. The summed E-state index contributed by atoms with van der Waals surface area (Å²) in [6, 6.07) is 5.29. The minimum atomic E-state index is -4.30. The molecule has 130 valence electrons. The zero-order valence-corrected chi connectivity index (χ0v) is 13.1. The molecular formula is C17H24F3NO2. The molecule has 0 radical (unpaired) electrons. The number of rotatable bonds is 6. The van der Waals surface area contributed by atoms with Gasteiger partial charge in [-0.1, -0.05) is 18.2 Å². The summed E-state index contributed by atoms with van der Waals surface area (Å²) < 4.78 is 38.2. The van der Waals surface area contributed by atoms with Crippen molar-refractivity contribution in [3.05, 3.63) is 35.4 Å². The maximum absolute atomic E-state index is 12.7. The third-order valence-corrected chi connectivity index (χ3v) is 4.58. The van der Waals surface area contributed by atoms with Crippen molar-refractivity contribution in [2.75, 3.05) is 26.3 Å². The van der Waals surface area contributed by atoms with Crippen LogP contribution in [0.3, 0.4) is 0 Å². The molecule has 1 aliphatic heterocycles. The Kier molecular flexibility index (Phi) is 6.44. The number of piperidine rings is 1. The number of aliphatic hydroxyl groups is 2. The Hall–Kier alpha value is -1.11. The zero-order chi connectivity index (χ0) is 16.9. The van der Waals surface area contributed by atoms with Crippen LogP contribution in [0.25, 0.3) is 0 Å². The van der Waals surface area contributed by atoms with Crippen molar-refractivity contribution >= 4 is 0 Å². The molecule has 3 nitrogen and oxygen atoms in total. The second-order valence-corrected chi connectivity index (χ2v) is 6.26. The third kappa shape index (κ3) is 5.19. The molecule has 2 N–H and O–H groups in total. The molecule has 2 rings (SSSR count). The van der Waals surface area contributed by atoms with Gasteiger partial charge in [-0.25, -0.2) is 0 Å². The summed E-state index contributed by atoms with van der Waals surface area (Å²) >= 11 is 0. The molecule has 0 saturated carbocycles. The SMILES string of the molecule is OCC(CO)N1CCC[C@H](CCc2cccc(C(F)(F)F)c2)C1. The first-order chi connectivity index (χ1) is 10.9. The number of hydrogen-bond acceptors (Lipinski definition) is 3. The van der Waals surface area contributed by atoms with E-state index in [0.717, 1.165) is 38.4 Å². The number of alkyl halides is 3. The molecule has 0 aromatic heterocycles. The van der Waals surface area contributed by atoms with Crippen LogP contribution in [0.1, 0.15) is 30.4 Å². The average Bonchev–Trinajstić information content (AvgIpc) is 2.54. The van der Waals surface area contributed by atoms with Crippen molar-refractivity contribution in [1.29, 1.82) is 0 Å². The summed E-state index contributed by atoms with van der Waals surface area (Å²) in [5.74, 6) is 0.388. The van der Waals surface area contributed by atoms with Gasteiger partial charge in [-0.2, -0.15) is 13.2 Å². The Bertz CT molecular complexity index is 489. The van der Waals surface area contributed by atoms with Crippen LogP contribution in [-0.2, 0) is 12.6 Å². The lowest BCUT2D eigenvalue weighted by molar-refractivity contribution is -0.137. The van der Waals surface area contributed by atoms with Gasteiger partial charge in [0.2, 0.25) is 0 Å². The highest BCUT2D eigenvalue weighted by atomic mass is 19.4. The van der Waals surface area contributed by atoms with Gasteiger partial charge in [0.05, 0.1) is 24.8 Å². The molecule has 1 aromatic rings. The molecule has 0 amide bonds. The molecule has 1 heterocycles. The zero-order valence-electron chi connectivity index (χ0n) is 13.1. The molecule has 1 aromatic carbocycles. The van der Waals surface area contributed by atoms with E-state index in [1.54, 1.807) is 6.07 Å². The second-order valence-electron chi connectivity index (χ2n) is 6.26. The summed E-state index contributed by atoms with van der Waals surface area (Å²) in [6.45, 7) is 1.49. The molecule has 1 fully saturated rings. The lowest BCUT2D eigenvalue weighted by Gasteiger charge is -2.37. The van der Waals surface area contributed by atoms with E-state index in [-0.39, 0.29) is 19.3 Å². The van der Waals surface area contributed by atoms with Crippen LogP contribution < -0.4 is 0 Å². The highest BCUT2D eigenvalue weighted by molar-refractivity contribution is 5.25. The smallest absolute Gasteiger partial charge is 0.395 e. The van der Waals surface area contributed by atoms with Gasteiger partial charge in [0, 0.05) is 6.54 Å². The van der Waals surface area contributed by atoms with Gasteiger partial charge < -0.3 is 10.2 Å². The van der Waals surface area contributed by atoms with Crippen LogP contribution in [0.2, 0.25) is 0 Å². The largest absolute Gasteiger partial charge is 0.416 e. The predicted molar refractivity (Wildman–Crippen MR) is 82.0 cm³/mol. The van der Waals surface area contributed by atoms with Crippen LogP contribution in [0, 0.1) is 5.92 Å². The van der Waals surface area contributed by atoms with Crippen LogP contribution in [-0.4, -0.2) is 47.5 Å². The van der Waals surface area contributed by atoms with Gasteiger partial charge in [-0.15, -0.1) is 0 Å². The molecule has 1 atom stereocenters. The standard InChI is InChI=1S/C17H24F3NO2/c18-17(19,20)15-5-1-3-13(9-15)6-7-14-4-2-8-21(10-14)16(11-22)12-23/h1,3,5,9,14,16,22-23H,2,4,6-8,10-12H2/t14-/m1/s1. The van der Waals surface area contributed by atoms with Gasteiger partial charge >= 0.3 is 6.18 Å². The van der Waals surface area contributed by atoms with Crippen LogP contribution in [0.4, 0.5) is 13.2 Å². The van der Waals surface area contributed by atoms with Gasteiger partial charge in [0.1, 0.15) is 0 Å². The van der Waals surface area contributed by atoms with E-state index in [4.69, 9.17) is 0 Å². The molecule has 23 heavy (non-hydrogen) atoms. The van der Waals surface area contributed by atoms with Gasteiger partial charge in [-0.3, -0.25) is 4.90 Å². The van der Waals surface area contributed by atoms with Gasteiger partial charge in [0.15, 0.2) is 0 Å². The molecule has 0 spiro atoms. The molecule has 0 bridgehead atoms. The number of aryl methyl sites for hydroxylation is 1. The molecule has 0 aliphatic carbocycles. The fourth-order valence-electron chi connectivity index (χ4n) is 3.23. The summed E-state index contributed by atoms with van der Waals surface area (Å²) in [5, 5.41) is 18.5. The molecule has 1 saturated heterocycles. The minimum Gasteiger partial charge on any atom is -0.395 e. The lowest BCUT2D eigenvalue weighted by Crippen LogP contribution is -2.46. The van der Waals surface area contributed by atoms with E-state index >= 15 is 0 Å². The van der Waals surface area contributed by atoms with Crippen LogP contribution >= 0.6 is 0 Å². The Morgan fingerprint density at radius 1 is 1.22 bits per heavy atom. The van der Waals surface area contributed by atoms with Crippen molar-refractivity contribution < 1.29 is 23.4 Å². The summed E-state index contributed by atoms with van der Waals surface area (Å²) in [4.78, 5) is 2.08. The topological polar surface area (TPSA) is 43.7 Å². The fraction of sp³-hybridized carbons (Fsp3) is 0.647. The van der Waals surface area contributed by atoms with E-state index in [1.165, 1.54) is 12.1 Å². The second kappa shape index (κ2) is 8.13. The maximum Gasteiger partial charge on any atom is 0.416 e. The van der Waals surface area contributed by atoms with Crippen LogP contribution in [0.15, 0.2) is 24.3 Å². The Balaban J connectivity index is 1.90. The van der Waals surface area contributed by atoms with E-state index in [9.17, 15) is 23.4 Å². The normalized spacial score (nSPS) is 20.2. The Morgan fingerprint density at radius 2 is 1.96 bits per heavy atom. The van der Waals surface area contributed by atoms with Crippen molar-refractivity contribution in [3.63, 3.8) is 0 Å². The molecule has 1 aliphatic rings. The van der Waals surface area contributed by atoms with E-state index in [1.807, 2.05) is 0 Å². The molecular weight excluding hydrogens is 307 g/mol. The van der Waals surface area contributed by atoms with Crippen molar-refractivity contribution in [2.24, 2.45) is 5.92 Å². The summed E-state index contributed by atoms with van der Waals surface area (Å²) in [7, 11) is 0. The lowest BCUT2D eigenvalue weighted by atomic mass is 9.90. The van der Waals surface area contributed by atoms with Crippen molar-refractivity contribution in [3.8, 4) is 0 Å². The van der Waals surface area contributed by atoms with Crippen LogP contribution in [0.5, 0.6) is 0 Å². The Morgan fingerprint density at radius 3 is 2.61 bits per heavy atom. The van der Waals surface area contributed by atoms with Gasteiger partial charge in [0.25, 0.3) is 0 Å². The molecule has 6 heteroatoms. The first kappa shape index (κ1) is 18.2. The predicted octanol–water partition coefficient (Wildman–Crippen LogP) is 2.70. The molecule has 0 unspecified atom stereocenters. The van der Waals surface area contributed by atoms with Crippen molar-refractivity contribution in [1.82, 2.24) is 4.90 Å². The Labute approximate surface area is 134 Å². The average molecular weight is 331 g/mol. The minimum absolute atomic E-state index is 0.0726. The highest BCUT2D eigenvalue weighted by Gasteiger charge is 2.30. The number of hydrogen-bond donors (Lipinski definition) is 2. The van der Waals surface area contributed by atoms with Crippen molar-refractivity contribution in [2.45, 2.75) is 37.9 Å². The first-order valence-electron chi connectivity index (χ1n) is 8.06. The summed E-state index contributed by atoms with van der Waals surface area (Å²) in [6.07, 6.45) is -0.831. The first-order valence-corrected chi connectivity index (χ1v) is 8.06. The van der Waals surface area contributed by atoms with Gasteiger partial charge in [-0.05, 0) is 49.8 Å². The number of halogens is 3. The number of likely N-dealkylation sites (tertiary alicyclic amines) is 1. The number of aliphatic hydroxyl groups excluding tert-OH is 2. The third-order valence-electron chi connectivity index (χ3n) is 4.58. The monoisotopic (exact) mass is 331 g/mol. The van der Waals surface area contributed by atoms with E-state index in [0.29, 0.717) is 17.9 Å². The van der Waals surface area contributed by atoms with E-state index < -0.39 is 11.7 Å². The number of benzene rings is 1. The maximum atomic E-state index is 12.7.